The molecular weight excluding hydrogens is 550 g/mol. The van der Waals surface area contributed by atoms with Crippen LogP contribution in [0.3, 0.4) is 0 Å². The molecule has 7 N–H and O–H groups in total. The minimum absolute atomic E-state index is 0.164. The topological polar surface area (TPSA) is 248 Å². The van der Waals surface area contributed by atoms with Gasteiger partial charge in [-0.05, 0) is 0 Å². The molecule has 224 valence electrons. The van der Waals surface area contributed by atoms with Crippen LogP contribution in [0.5, 0.6) is 11.5 Å². The number of carbonyl (C=O) groups is 4. The van der Waals surface area contributed by atoms with Crippen LogP contribution in [-0.4, -0.2) is 111 Å². The molecule has 0 bridgehead atoms. The summed E-state index contributed by atoms with van der Waals surface area (Å²) in [6.45, 7) is 0.376. The maximum absolute atomic E-state index is 13.0. The molecule has 6 atom stereocenters. The highest BCUT2D eigenvalue weighted by Gasteiger charge is 2.45. The van der Waals surface area contributed by atoms with Crippen molar-refractivity contribution in [1.82, 2.24) is 25.5 Å². The number of ether oxygens (including phenoxy) is 3. The van der Waals surface area contributed by atoms with Gasteiger partial charge in [-0.15, -0.1) is 0 Å². The molecule has 0 spiro atoms. The first-order chi connectivity index (χ1) is 19.3. The summed E-state index contributed by atoms with van der Waals surface area (Å²) in [5, 5.41) is 46.2. The van der Waals surface area contributed by atoms with E-state index in [0.29, 0.717) is 11.3 Å². The predicted octanol–water partition coefficient (Wildman–Crippen LogP) is -3.42. The number of hydrogen-bond acceptors (Lipinski definition) is 12. The Hall–Kier alpha value is -4.32. The lowest BCUT2D eigenvalue weighted by Crippen LogP contribution is -2.68. The lowest BCUT2D eigenvalue weighted by atomic mass is 9.95. The number of nitrogens with zero attached hydrogens (tertiary/aromatic N) is 2. The minimum atomic E-state index is -1.85. The third-order valence-corrected chi connectivity index (χ3v) is 6.39. The molecule has 1 aliphatic heterocycles. The second kappa shape index (κ2) is 12.9. The zero-order valence-corrected chi connectivity index (χ0v) is 22.5. The van der Waals surface area contributed by atoms with E-state index in [2.05, 4.69) is 20.9 Å². The molecule has 0 unspecified atom stereocenters. The predicted molar refractivity (Wildman–Crippen MR) is 137 cm³/mol. The number of methoxy groups -OCH3 is 2. The van der Waals surface area contributed by atoms with Crippen LogP contribution < -0.4 is 31.0 Å². The van der Waals surface area contributed by atoms with E-state index in [0.717, 1.165) is 11.5 Å². The minimum Gasteiger partial charge on any atom is -0.493 e. The van der Waals surface area contributed by atoms with Crippen LogP contribution >= 0.6 is 0 Å². The van der Waals surface area contributed by atoms with Crippen molar-refractivity contribution in [3.63, 3.8) is 0 Å². The third-order valence-electron chi connectivity index (χ3n) is 6.39. The summed E-state index contributed by atoms with van der Waals surface area (Å²) in [4.78, 5) is 66.1. The first-order valence-corrected chi connectivity index (χ1v) is 12.2. The second-order valence-corrected chi connectivity index (χ2v) is 9.14. The van der Waals surface area contributed by atoms with Crippen molar-refractivity contribution in [2.45, 2.75) is 50.0 Å². The van der Waals surface area contributed by atoms with E-state index in [1.807, 2.05) is 0 Å². The standard InChI is InChI=1S/C24H31N5O12/c1-9(31)25-17-20(34)19(33)15(8-30)41-22(17)28-16(32)6-11(24(37)38)27-21(35)18-23(36)29(2)12-7-14(40-4)13(39-3)5-10(12)26-18/h5,7,11,15,17,19-20,22,30,33-34H,6,8H2,1-4H3,(H,25,31)(H,27,35)(H,28,32)(H,37,38)/t11-,15+,17+,19+,20+,22+/m0/s1. The van der Waals surface area contributed by atoms with Crippen molar-refractivity contribution in [2.24, 2.45) is 7.05 Å². The Bertz CT molecular complexity index is 1400. The molecule has 1 aromatic carbocycles. The van der Waals surface area contributed by atoms with E-state index < -0.39 is 84.6 Å². The van der Waals surface area contributed by atoms with E-state index in [1.165, 1.54) is 33.4 Å². The van der Waals surface area contributed by atoms with Gasteiger partial charge in [-0.2, -0.15) is 0 Å². The fourth-order valence-corrected chi connectivity index (χ4v) is 4.27. The molecule has 41 heavy (non-hydrogen) atoms. The van der Waals surface area contributed by atoms with Crippen molar-refractivity contribution in [3.05, 3.63) is 28.2 Å². The summed E-state index contributed by atoms with van der Waals surface area (Å²) in [6, 6.07) is -0.296. The largest absolute Gasteiger partial charge is 0.493 e. The SMILES string of the molecule is COc1cc2nc(C(=O)N[C@@H](CC(=O)N[C@@H]3O[C@H](CO)[C@@H](O)[C@H](O)[C@H]3NC(C)=O)C(=O)O)c(=O)n(C)c2cc1OC. The zero-order chi connectivity index (χ0) is 30.6. The van der Waals surface area contributed by atoms with Crippen molar-refractivity contribution in [3.8, 4) is 11.5 Å². The van der Waals surface area contributed by atoms with E-state index in [9.17, 15) is 44.4 Å². The van der Waals surface area contributed by atoms with Crippen molar-refractivity contribution < 1.29 is 53.8 Å². The van der Waals surface area contributed by atoms with Crippen LogP contribution in [0.25, 0.3) is 11.0 Å². The number of hydrogen-bond donors (Lipinski definition) is 7. The Labute approximate surface area is 232 Å². The Morgan fingerprint density at radius 2 is 1.73 bits per heavy atom. The number of carbonyl (C=O) groups excluding carboxylic acids is 3. The number of carboxylic acids is 1. The Kier molecular flexibility index (Phi) is 9.82. The van der Waals surface area contributed by atoms with Crippen molar-refractivity contribution in [2.75, 3.05) is 20.8 Å². The summed E-state index contributed by atoms with van der Waals surface area (Å²) in [5.74, 6) is -3.87. The maximum Gasteiger partial charge on any atom is 0.326 e. The van der Waals surface area contributed by atoms with Gasteiger partial charge in [0.1, 0.15) is 30.4 Å². The molecule has 0 aliphatic carbocycles. The van der Waals surface area contributed by atoms with Crippen LogP contribution in [0.2, 0.25) is 0 Å². The Balaban J connectivity index is 1.82. The average molecular weight is 582 g/mol. The third kappa shape index (κ3) is 6.71. The number of rotatable bonds is 10. The molecule has 1 aromatic heterocycles. The maximum atomic E-state index is 13.0. The van der Waals surface area contributed by atoms with E-state index >= 15 is 0 Å². The summed E-state index contributed by atoms with van der Waals surface area (Å²) >= 11 is 0. The lowest BCUT2D eigenvalue weighted by Gasteiger charge is -2.42. The molecule has 1 aliphatic rings. The van der Waals surface area contributed by atoms with Gasteiger partial charge in [0.05, 0.1) is 38.3 Å². The molecule has 0 radical (unpaired) electrons. The van der Waals surface area contributed by atoms with Gasteiger partial charge >= 0.3 is 5.97 Å². The number of benzene rings is 1. The van der Waals surface area contributed by atoms with Crippen LogP contribution in [-0.2, 0) is 26.2 Å². The molecule has 17 heteroatoms. The van der Waals surface area contributed by atoms with Crippen LogP contribution in [0, 0.1) is 0 Å². The van der Waals surface area contributed by atoms with E-state index in [-0.39, 0.29) is 11.3 Å². The van der Waals surface area contributed by atoms with Gasteiger partial charge in [0.25, 0.3) is 11.5 Å². The van der Waals surface area contributed by atoms with Gasteiger partial charge in [0, 0.05) is 26.1 Å². The second-order valence-electron chi connectivity index (χ2n) is 9.14. The van der Waals surface area contributed by atoms with Crippen molar-refractivity contribution >= 4 is 34.7 Å². The normalized spacial score (nSPS) is 22.9. The fourth-order valence-electron chi connectivity index (χ4n) is 4.27. The average Bonchev–Trinajstić information content (AvgIpc) is 2.93. The number of carboxylic acid groups (broad SMARTS) is 1. The highest BCUT2D eigenvalue weighted by atomic mass is 16.5. The molecule has 1 fully saturated rings. The highest BCUT2D eigenvalue weighted by molar-refractivity contribution is 5.97. The van der Waals surface area contributed by atoms with E-state index in [4.69, 9.17) is 14.2 Å². The van der Waals surface area contributed by atoms with Gasteiger partial charge in [0.15, 0.2) is 23.4 Å². The number of aromatic nitrogens is 2. The van der Waals surface area contributed by atoms with Gasteiger partial charge in [0.2, 0.25) is 11.8 Å². The summed E-state index contributed by atoms with van der Waals surface area (Å²) in [5.41, 5.74) is -1.04. The van der Waals surface area contributed by atoms with Crippen LogP contribution in [0.15, 0.2) is 16.9 Å². The molecule has 2 aromatic rings. The number of aliphatic hydroxyl groups excluding tert-OH is 3. The molecule has 2 heterocycles. The van der Waals surface area contributed by atoms with E-state index in [1.54, 1.807) is 0 Å². The Morgan fingerprint density at radius 3 is 2.29 bits per heavy atom. The molecule has 17 nitrogen and oxygen atoms in total. The number of aliphatic hydroxyl groups is 3. The first kappa shape index (κ1) is 31.2. The number of aryl methyl sites for hydroxylation is 1. The van der Waals surface area contributed by atoms with Gasteiger partial charge in [-0.25, -0.2) is 9.78 Å². The van der Waals surface area contributed by atoms with Gasteiger partial charge in [-0.3, -0.25) is 19.2 Å². The quantitative estimate of drug-likeness (QED) is 0.145. The van der Waals surface area contributed by atoms with Crippen LogP contribution in [0.1, 0.15) is 23.8 Å². The molecular formula is C24H31N5O12. The molecule has 3 amide bonds. The number of nitrogens with one attached hydrogen (secondary N) is 3. The Morgan fingerprint density at radius 1 is 1.10 bits per heavy atom. The smallest absolute Gasteiger partial charge is 0.326 e. The summed E-state index contributed by atoms with van der Waals surface area (Å²) in [7, 11) is 4.15. The summed E-state index contributed by atoms with van der Waals surface area (Å²) < 4.78 is 16.9. The van der Waals surface area contributed by atoms with Crippen molar-refractivity contribution in [1.29, 1.82) is 0 Å². The van der Waals surface area contributed by atoms with Gasteiger partial charge < -0.3 is 55.2 Å². The number of fused-ring (bicyclic) bond motifs is 1. The molecule has 0 saturated carbocycles. The summed E-state index contributed by atoms with van der Waals surface area (Å²) in [6.07, 6.45) is -6.93. The fraction of sp³-hybridized carbons (Fsp3) is 0.500. The molecule has 3 rings (SSSR count). The number of amides is 3. The lowest BCUT2D eigenvalue weighted by molar-refractivity contribution is -0.203. The van der Waals surface area contributed by atoms with Crippen LogP contribution in [0.4, 0.5) is 0 Å². The monoisotopic (exact) mass is 581 g/mol. The highest BCUT2D eigenvalue weighted by Crippen LogP contribution is 2.30. The zero-order valence-electron chi connectivity index (χ0n) is 22.5. The first-order valence-electron chi connectivity index (χ1n) is 12.2. The van der Waals surface area contributed by atoms with Gasteiger partial charge in [-0.1, -0.05) is 0 Å². The number of aliphatic carboxylic acids is 1. The molecule has 1 saturated heterocycles.